The van der Waals surface area contributed by atoms with Gasteiger partial charge in [-0.1, -0.05) is 18.9 Å². The number of nitrogens with zero attached hydrogens (tertiary/aromatic N) is 3. The number of benzene rings is 1. The first kappa shape index (κ1) is 18.4. The molecular weight excluding hydrogens is 352 g/mol. The molecule has 0 spiro atoms. The van der Waals surface area contributed by atoms with E-state index in [1.54, 1.807) is 12.1 Å². The van der Waals surface area contributed by atoms with Crippen LogP contribution in [0, 0.1) is 16.7 Å². The minimum Gasteiger partial charge on any atom is -0.362 e. The first-order valence-electron chi connectivity index (χ1n) is 8.74. The van der Waals surface area contributed by atoms with Crippen LogP contribution in [0.2, 0.25) is 0 Å². The molecule has 1 aliphatic carbocycles. The number of hydrogen-bond acceptors (Lipinski definition) is 4. The minimum atomic E-state index is -3.84. The van der Waals surface area contributed by atoms with Crippen molar-refractivity contribution in [3.8, 4) is 6.07 Å². The lowest BCUT2D eigenvalue weighted by Crippen LogP contribution is -2.32. The number of nitrogens with one attached hydrogen (secondary N) is 1. The van der Waals surface area contributed by atoms with Crippen LogP contribution in [0.15, 0.2) is 33.6 Å². The van der Waals surface area contributed by atoms with Crippen LogP contribution in [0.25, 0.3) is 0 Å². The van der Waals surface area contributed by atoms with Gasteiger partial charge in [0.2, 0.25) is 5.91 Å². The van der Waals surface area contributed by atoms with E-state index in [2.05, 4.69) is 15.8 Å². The van der Waals surface area contributed by atoms with Crippen molar-refractivity contribution in [3.05, 3.63) is 24.3 Å². The van der Waals surface area contributed by atoms with E-state index >= 15 is 0 Å². The second-order valence-corrected chi connectivity index (χ2v) is 8.49. The zero-order valence-electron chi connectivity index (χ0n) is 14.7. The van der Waals surface area contributed by atoms with Crippen LogP contribution in [-0.4, -0.2) is 38.7 Å². The second-order valence-electron chi connectivity index (χ2n) is 6.89. The standard InChI is InChI=1S/C18H22N4O3S/c1-22-11-5-8-16(22)21-26(24,25)15-7-4-6-14(12-15)20-17(23)18(13-19)9-2-3-10-18/h4,6-7,12H,2-3,5,8-11H2,1H3,(H,20,23). The van der Waals surface area contributed by atoms with E-state index in [4.69, 9.17) is 0 Å². The summed E-state index contributed by atoms with van der Waals surface area (Å²) >= 11 is 0. The van der Waals surface area contributed by atoms with Crippen molar-refractivity contribution in [3.63, 3.8) is 0 Å². The maximum atomic E-state index is 12.6. The summed E-state index contributed by atoms with van der Waals surface area (Å²) in [6, 6.07) is 8.17. The number of amidine groups is 1. The van der Waals surface area contributed by atoms with Crippen molar-refractivity contribution in [2.24, 2.45) is 9.81 Å². The molecule has 2 aliphatic rings. The number of rotatable bonds is 4. The highest BCUT2D eigenvalue weighted by molar-refractivity contribution is 7.90. The van der Waals surface area contributed by atoms with Crippen molar-refractivity contribution in [1.29, 1.82) is 5.26 Å². The molecule has 1 N–H and O–H groups in total. The number of sulfonamides is 1. The zero-order valence-corrected chi connectivity index (χ0v) is 15.6. The molecule has 0 atom stereocenters. The minimum absolute atomic E-state index is 0.0283. The molecule has 8 heteroatoms. The normalized spacial score (nSPS) is 20.9. The summed E-state index contributed by atoms with van der Waals surface area (Å²) in [4.78, 5) is 14.4. The first-order chi connectivity index (χ1) is 12.4. The van der Waals surface area contributed by atoms with Crippen molar-refractivity contribution in [1.82, 2.24) is 4.90 Å². The number of hydrogen-bond donors (Lipinski definition) is 1. The molecule has 138 valence electrons. The van der Waals surface area contributed by atoms with Crippen molar-refractivity contribution in [2.45, 2.75) is 43.4 Å². The Morgan fingerprint density at radius 1 is 1.31 bits per heavy atom. The van der Waals surface area contributed by atoms with Gasteiger partial charge in [0, 0.05) is 25.7 Å². The fourth-order valence-electron chi connectivity index (χ4n) is 3.45. The smallest absolute Gasteiger partial charge is 0.284 e. The topological polar surface area (TPSA) is 103 Å². The fourth-order valence-corrected chi connectivity index (χ4v) is 4.59. The van der Waals surface area contributed by atoms with Gasteiger partial charge in [-0.25, -0.2) is 0 Å². The zero-order chi connectivity index (χ0) is 18.8. The van der Waals surface area contributed by atoms with Crippen LogP contribution in [0.5, 0.6) is 0 Å². The molecule has 1 heterocycles. The Hall–Kier alpha value is -2.40. The highest BCUT2D eigenvalue weighted by Gasteiger charge is 2.41. The largest absolute Gasteiger partial charge is 0.362 e. The summed E-state index contributed by atoms with van der Waals surface area (Å²) in [5.74, 6) is 0.183. The third-order valence-electron chi connectivity index (χ3n) is 5.06. The number of anilines is 1. The SMILES string of the molecule is CN1CCCC1=NS(=O)(=O)c1cccc(NC(=O)C2(C#N)CCCC2)c1. The van der Waals surface area contributed by atoms with E-state index < -0.39 is 15.4 Å². The highest BCUT2D eigenvalue weighted by atomic mass is 32.2. The number of nitriles is 1. The maximum absolute atomic E-state index is 12.6. The number of carbonyl (C=O) groups excluding carboxylic acids is 1. The molecule has 3 rings (SSSR count). The van der Waals surface area contributed by atoms with Crippen LogP contribution >= 0.6 is 0 Å². The lowest BCUT2D eigenvalue weighted by atomic mass is 9.87. The van der Waals surface area contributed by atoms with E-state index in [0.29, 0.717) is 30.8 Å². The Morgan fingerprint density at radius 3 is 2.65 bits per heavy atom. The highest BCUT2D eigenvalue weighted by Crippen LogP contribution is 2.38. The Kier molecular flexibility index (Phi) is 5.01. The van der Waals surface area contributed by atoms with Gasteiger partial charge in [-0.3, -0.25) is 4.79 Å². The lowest BCUT2D eigenvalue weighted by Gasteiger charge is -2.19. The van der Waals surface area contributed by atoms with Crippen LogP contribution in [0.4, 0.5) is 5.69 Å². The predicted molar refractivity (Wildman–Crippen MR) is 98.1 cm³/mol. The van der Waals surface area contributed by atoms with Gasteiger partial charge < -0.3 is 10.2 Å². The summed E-state index contributed by atoms with van der Waals surface area (Å²) in [6.45, 7) is 0.792. The summed E-state index contributed by atoms with van der Waals surface area (Å²) in [6.07, 6.45) is 4.29. The van der Waals surface area contributed by atoms with Gasteiger partial charge in [0.05, 0.1) is 11.0 Å². The average molecular weight is 374 g/mol. The van der Waals surface area contributed by atoms with E-state index in [1.807, 2.05) is 11.9 Å². The molecule has 1 aliphatic heterocycles. The summed E-state index contributed by atoms with van der Waals surface area (Å²) in [5.41, 5.74) is -0.653. The summed E-state index contributed by atoms with van der Waals surface area (Å²) in [5, 5.41) is 12.1. The van der Waals surface area contributed by atoms with Gasteiger partial charge in [-0.2, -0.15) is 13.7 Å². The maximum Gasteiger partial charge on any atom is 0.284 e. The molecule has 1 amide bonds. The molecule has 1 saturated carbocycles. The van der Waals surface area contributed by atoms with Crippen LogP contribution < -0.4 is 5.32 Å². The van der Waals surface area contributed by atoms with Crippen molar-refractivity contribution in [2.75, 3.05) is 18.9 Å². The van der Waals surface area contributed by atoms with Crippen LogP contribution in [0.1, 0.15) is 38.5 Å². The molecule has 7 nitrogen and oxygen atoms in total. The van der Waals surface area contributed by atoms with Gasteiger partial charge in [0.15, 0.2) is 0 Å². The number of carbonyl (C=O) groups is 1. The van der Waals surface area contributed by atoms with Crippen LogP contribution in [0.3, 0.4) is 0 Å². The fraction of sp³-hybridized carbons (Fsp3) is 0.500. The van der Waals surface area contributed by atoms with Gasteiger partial charge >= 0.3 is 0 Å². The molecule has 0 unspecified atom stereocenters. The second kappa shape index (κ2) is 7.08. The molecule has 1 aromatic rings. The van der Waals surface area contributed by atoms with Crippen molar-refractivity contribution >= 4 is 27.5 Å². The van der Waals surface area contributed by atoms with Gasteiger partial charge in [0.25, 0.3) is 10.0 Å². The monoisotopic (exact) mass is 374 g/mol. The Bertz CT molecular complexity index is 880. The molecule has 26 heavy (non-hydrogen) atoms. The van der Waals surface area contributed by atoms with Crippen molar-refractivity contribution < 1.29 is 13.2 Å². The molecule has 1 saturated heterocycles. The first-order valence-corrected chi connectivity index (χ1v) is 10.2. The van der Waals surface area contributed by atoms with E-state index in [-0.39, 0.29) is 10.8 Å². The quantitative estimate of drug-likeness (QED) is 0.872. The third-order valence-corrected chi connectivity index (χ3v) is 6.36. The number of likely N-dealkylation sites (tertiary alicyclic amines) is 1. The number of amides is 1. The third kappa shape index (κ3) is 3.58. The molecule has 0 aromatic heterocycles. The Labute approximate surface area is 153 Å². The summed E-state index contributed by atoms with van der Waals surface area (Å²) < 4.78 is 29.1. The average Bonchev–Trinajstić information content (AvgIpc) is 3.25. The Morgan fingerprint density at radius 2 is 2.04 bits per heavy atom. The molecule has 0 radical (unpaired) electrons. The van der Waals surface area contributed by atoms with Gasteiger partial charge in [-0.15, -0.1) is 4.40 Å². The summed E-state index contributed by atoms with van der Waals surface area (Å²) in [7, 11) is -2.02. The molecule has 0 bridgehead atoms. The predicted octanol–water partition coefficient (Wildman–Crippen LogP) is 2.52. The van der Waals surface area contributed by atoms with E-state index in [0.717, 1.165) is 25.8 Å². The van der Waals surface area contributed by atoms with Gasteiger partial charge in [0.1, 0.15) is 11.3 Å². The lowest BCUT2D eigenvalue weighted by molar-refractivity contribution is -0.122. The molecular formula is C18H22N4O3S. The van der Waals surface area contributed by atoms with Crippen LogP contribution in [-0.2, 0) is 14.8 Å². The Balaban J connectivity index is 1.82. The van der Waals surface area contributed by atoms with E-state index in [9.17, 15) is 18.5 Å². The molecule has 1 aromatic carbocycles. The molecule has 2 fully saturated rings. The van der Waals surface area contributed by atoms with Gasteiger partial charge in [-0.05, 0) is 37.5 Å². The van der Waals surface area contributed by atoms with E-state index in [1.165, 1.54) is 12.1 Å².